The van der Waals surface area contributed by atoms with E-state index in [4.69, 9.17) is 11.6 Å². The maximum atomic E-state index is 13.1. The molecular weight excluding hydrogens is 396 g/mol. The van der Waals surface area contributed by atoms with Crippen molar-refractivity contribution in [3.63, 3.8) is 0 Å². The minimum Gasteiger partial charge on any atom is -0.311 e. The second-order valence-electron chi connectivity index (χ2n) is 6.88. The van der Waals surface area contributed by atoms with Gasteiger partial charge in [0.1, 0.15) is 0 Å². The number of halogens is 1. The zero-order valence-electron chi connectivity index (χ0n) is 16.2. The van der Waals surface area contributed by atoms with Gasteiger partial charge in [0.15, 0.2) is 0 Å². The van der Waals surface area contributed by atoms with Gasteiger partial charge in [0.05, 0.1) is 11.3 Å². The van der Waals surface area contributed by atoms with Gasteiger partial charge >= 0.3 is 0 Å². The lowest BCUT2D eigenvalue weighted by Crippen LogP contribution is -2.36. The fraction of sp³-hybridized carbons (Fsp3) is 0.0800. The highest BCUT2D eigenvalue weighted by molar-refractivity contribution is 6.36. The Labute approximate surface area is 179 Å². The first-order valence-electron chi connectivity index (χ1n) is 9.35. The monoisotopic (exact) mass is 412 g/mol. The second kappa shape index (κ2) is 8.36. The molecule has 0 spiro atoms. The molecule has 1 aromatic heterocycles. The zero-order valence-corrected chi connectivity index (χ0v) is 17.0. The number of pyridine rings is 1. The number of anilines is 1. The molecule has 0 N–H and O–H groups in total. The molecule has 0 radical (unpaired) electrons. The number of amides is 1. The van der Waals surface area contributed by atoms with Crippen LogP contribution >= 0.6 is 11.6 Å². The predicted molar refractivity (Wildman–Crippen MR) is 118 cm³/mol. The Hall–Kier alpha value is -3.68. The first-order valence-corrected chi connectivity index (χ1v) is 9.72. The molecule has 0 saturated carbocycles. The van der Waals surface area contributed by atoms with Crippen LogP contribution in [-0.2, 0) is 11.2 Å². The van der Waals surface area contributed by atoms with Gasteiger partial charge in [0, 0.05) is 42.0 Å². The fourth-order valence-corrected chi connectivity index (χ4v) is 3.46. The van der Waals surface area contributed by atoms with Crippen LogP contribution in [-0.4, -0.2) is 23.7 Å². The van der Waals surface area contributed by atoms with E-state index in [9.17, 15) is 9.59 Å². The third-order valence-electron chi connectivity index (χ3n) is 4.79. The number of benzene rings is 2. The molecule has 1 amide bonds. The highest BCUT2D eigenvalue weighted by Gasteiger charge is 2.32. The van der Waals surface area contributed by atoms with Crippen LogP contribution in [0.1, 0.15) is 27.0 Å². The molecule has 0 atom stereocenters. The smallest absolute Gasteiger partial charge is 0.262 e. The lowest BCUT2D eigenvalue weighted by Gasteiger charge is -2.26. The van der Waals surface area contributed by atoms with Gasteiger partial charge in [-0.1, -0.05) is 41.6 Å². The lowest BCUT2D eigenvalue weighted by molar-refractivity contribution is -0.114. The average molecular weight is 413 g/mol. The van der Waals surface area contributed by atoms with Crippen molar-refractivity contribution in [2.75, 3.05) is 11.9 Å². The average Bonchev–Trinajstić information content (AvgIpc) is 2.76. The number of likely N-dealkylation sites (N-methyl/N-ethyl adjacent to an activating group) is 1. The number of hydrogen-bond acceptors (Lipinski definition) is 3. The van der Waals surface area contributed by atoms with Crippen LogP contribution in [0.2, 0.25) is 5.02 Å². The molecule has 3 aromatic rings. The molecule has 1 aliphatic heterocycles. The van der Waals surface area contributed by atoms with E-state index in [0.717, 1.165) is 11.1 Å². The summed E-state index contributed by atoms with van der Waals surface area (Å²) in [6.45, 7) is 0. The highest BCUT2D eigenvalue weighted by atomic mass is 35.5. The summed E-state index contributed by atoms with van der Waals surface area (Å²) in [6, 6.07) is 16.2. The Bertz CT molecular complexity index is 1240. The van der Waals surface area contributed by atoms with Gasteiger partial charge in [0.25, 0.3) is 5.91 Å². The number of carbonyl (C=O) groups is 2. The van der Waals surface area contributed by atoms with Gasteiger partial charge in [-0.25, -0.2) is 0 Å². The Morgan fingerprint density at radius 2 is 1.97 bits per heavy atom. The van der Waals surface area contributed by atoms with Crippen molar-refractivity contribution in [1.82, 2.24) is 4.98 Å². The molecular formula is C25H17ClN2O2. The van der Waals surface area contributed by atoms with E-state index in [-0.39, 0.29) is 17.3 Å². The van der Waals surface area contributed by atoms with Gasteiger partial charge in [-0.2, -0.15) is 0 Å². The van der Waals surface area contributed by atoms with Crippen LogP contribution < -0.4 is 4.90 Å². The van der Waals surface area contributed by atoms with E-state index in [0.29, 0.717) is 28.3 Å². The predicted octanol–water partition coefficient (Wildman–Crippen LogP) is 4.57. The fourth-order valence-electron chi connectivity index (χ4n) is 3.26. The minimum absolute atomic E-state index is 0.104. The summed E-state index contributed by atoms with van der Waals surface area (Å²) in [5.41, 5.74) is 3.58. The van der Waals surface area contributed by atoms with Crippen molar-refractivity contribution < 1.29 is 9.59 Å². The van der Waals surface area contributed by atoms with Crippen molar-refractivity contribution in [2.24, 2.45) is 0 Å². The highest BCUT2D eigenvalue weighted by Crippen LogP contribution is 2.31. The molecule has 4 rings (SSSR count). The molecule has 0 aliphatic carbocycles. The van der Waals surface area contributed by atoms with Crippen molar-refractivity contribution in [1.29, 1.82) is 0 Å². The van der Waals surface area contributed by atoms with E-state index >= 15 is 0 Å². The summed E-state index contributed by atoms with van der Waals surface area (Å²) in [5.74, 6) is 5.54. The summed E-state index contributed by atoms with van der Waals surface area (Å²) in [5, 5.41) is 0.542. The molecule has 0 unspecified atom stereocenters. The zero-order chi connectivity index (χ0) is 21.1. The van der Waals surface area contributed by atoms with Gasteiger partial charge < -0.3 is 4.90 Å². The first-order chi connectivity index (χ1) is 14.5. The molecule has 2 heterocycles. The van der Waals surface area contributed by atoms with Crippen LogP contribution in [0.3, 0.4) is 0 Å². The number of rotatable bonds is 2. The second-order valence-corrected chi connectivity index (χ2v) is 7.31. The van der Waals surface area contributed by atoms with E-state index < -0.39 is 0 Å². The molecule has 146 valence electrons. The first kappa shape index (κ1) is 19.6. The van der Waals surface area contributed by atoms with E-state index in [1.807, 2.05) is 18.2 Å². The molecule has 30 heavy (non-hydrogen) atoms. The lowest BCUT2D eigenvalue weighted by atomic mass is 9.92. The summed E-state index contributed by atoms with van der Waals surface area (Å²) >= 11 is 6.03. The van der Waals surface area contributed by atoms with Crippen LogP contribution in [0.15, 0.2) is 72.6 Å². The maximum Gasteiger partial charge on any atom is 0.262 e. The van der Waals surface area contributed by atoms with Gasteiger partial charge in [0.2, 0.25) is 5.78 Å². The number of aromatic nitrogens is 1. The van der Waals surface area contributed by atoms with E-state index in [1.165, 1.54) is 4.90 Å². The van der Waals surface area contributed by atoms with Gasteiger partial charge in [-0.15, -0.1) is 0 Å². The summed E-state index contributed by atoms with van der Waals surface area (Å²) < 4.78 is 0. The number of Topliss-reactive ketones (excluding diaryl/α,β-unsaturated/α-hetero) is 1. The number of carbonyl (C=O) groups excluding carboxylic acids is 2. The molecule has 0 fully saturated rings. The Kier molecular flexibility index (Phi) is 5.47. The molecule has 0 bridgehead atoms. The van der Waals surface area contributed by atoms with E-state index in [1.54, 1.807) is 61.9 Å². The van der Waals surface area contributed by atoms with Crippen molar-refractivity contribution in [3.8, 4) is 11.8 Å². The van der Waals surface area contributed by atoms with Crippen molar-refractivity contribution in [3.05, 3.63) is 99.8 Å². The molecule has 4 nitrogen and oxygen atoms in total. The number of fused-ring (bicyclic) bond motifs is 1. The van der Waals surface area contributed by atoms with Gasteiger partial charge in [-0.05, 0) is 53.6 Å². The third kappa shape index (κ3) is 4.03. The minimum atomic E-state index is -0.345. The van der Waals surface area contributed by atoms with Crippen LogP contribution in [0, 0.1) is 11.8 Å². The number of nitrogens with zero attached hydrogens (tertiary/aromatic N) is 2. The largest absolute Gasteiger partial charge is 0.311 e. The van der Waals surface area contributed by atoms with E-state index in [2.05, 4.69) is 16.8 Å². The Morgan fingerprint density at radius 1 is 1.10 bits per heavy atom. The standard InChI is InChI=1S/C25H17ClN2O2/c1-28-23-11-10-17(5-2-6-18-8-4-12-27-16-18)14-21(23)24(29)22(25(28)30)15-19-7-3-9-20(26)13-19/h3-4,7-16H,6H2,1H3/b22-15+. The maximum absolute atomic E-state index is 13.1. The SMILES string of the molecule is CN1C(=O)/C(=C/c2cccc(Cl)c2)C(=O)c2cc(C#CCc3cccnc3)ccc21. The van der Waals surface area contributed by atoms with Crippen molar-refractivity contribution in [2.45, 2.75) is 6.42 Å². The third-order valence-corrected chi connectivity index (χ3v) is 5.03. The quantitative estimate of drug-likeness (QED) is 0.352. The molecule has 0 saturated heterocycles. The normalized spacial score (nSPS) is 14.3. The Balaban J connectivity index is 1.67. The molecule has 1 aliphatic rings. The van der Waals surface area contributed by atoms with Crippen molar-refractivity contribution >= 4 is 35.1 Å². The molecule has 2 aromatic carbocycles. The Morgan fingerprint density at radius 3 is 2.73 bits per heavy atom. The summed E-state index contributed by atoms with van der Waals surface area (Å²) in [7, 11) is 1.66. The molecule has 5 heteroatoms. The summed E-state index contributed by atoms with van der Waals surface area (Å²) in [6.07, 6.45) is 5.64. The number of hydrogen-bond donors (Lipinski definition) is 0. The van der Waals surface area contributed by atoms with Crippen LogP contribution in [0.5, 0.6) is 0 Å². The topological polar surface area (TPSA) is 50.3 Å². The van der Waals surface area contributed by atoms with Crippen LogP contribution in [0.25, 0.3) is 6.08 Å². The van der Waals surface area contributed by atoms with Gasteiger partial charge in [-0.3, -0.25) is 14.6 Å². The van der Waals surface area contributed by atoms with Crippen LogP contribution in [0.4, 0.5) is 5.69 Å². The number of ketones is 1. The summed E-state index contributed by atoms with van der Waals surface area (Å²) in [4.78, 5) is 31.4.